The largest absolute Gasteiger partial charge is 0.291 e. The smallest absolute Gasteiger partial charge is 0.265 e. The highest BCUT2D eigenvalue weighted by atomic mass is 16.6. The molecule has 4 heteroatoms. The summed E-state index contributed by atoms with van der Waals surface area (Å²) in [5.74, 6) is 0. The molecule has 0 rings (SSSR count). The molecule has 0 saturated heterocycles. The molecule has 26 heavy (non-hydrogen) atoms. The molecule has 0 atom stereocenters. The minimum Gasteiger partial charge on any atom is -0.291 e. The highest BCUT2D eigenvalue weighted by Crippen LogP contribution is 2.02. The maximum absolute atomic E-state index is 11.0. The number of rotatable bonds is 14. The second-order valence-corrected chi connectivity index (χ2v) is 5.27. The molecule has 1 radical (unpaired) electrons. The molecule has 0 N–H and O–H groups in total. The number of nitrogens with zero attached hydrogens (tertiary/aromatic N) is 1. The molecule has 0 amide bonds. The van der Waals surface area contributed by atoms with Gasteiger partial charge in [0.1, 0.15) is 0 Å². The summed E-state index contributed by atoms with van der Waals surface area (Å²) in [4.78, 5) is 20.6. The lowest BCUT2D eigenvalue weighted by Crippen LogP contribution is -1.94. The fraction of sp³-hybridized carbons (Fsp3) is 0.318. The van der Waals surface area contributed by atoms with Crippen LogP contribution < -0.4 is 0 Å². The van der Waals surface area contributed by atoms with Crippen molar-refractivity contribution in [1.82, 2.24) is 0 Å². The first kappa shape index (κ1) is 23.2. The molecule has 0 aromatic heterocycles. The molecule has 139 valence electrons. The lowest BCUT2D eigenvalue weighted by atomic mass is 10.2. The molecule has 0 bridgehead atoms. The lowest BCUT2D eigenvalue weighted by Gasteiger charge is -1.89. The zero-order chi connectivity index (χ0) is 19.3. The van der Waals surface area contributed by atoms with Gasteiger partial charge in [-0.2, -0.15) is 0 Å². The van der Waals surface area contributed by atoms with E-state index in [2.05, 4.69) is 19.1 Å². The minimum atomic E-state index is -0.382. The van der Waals surface area contributed by atoms with E-state index in [0.29, 0.717) is 12.8 Å². The summed E-state index contributed by atoms with van der Waals surface area (Å²) >= 11 is 0. The average molecular weight is 354 g/mol. The number of hydrogen-bond donors (Lipinski definition) is 0. The SMILES string of the molecule is CC/C=C/C/C=C/C/C=C(/C=C/C=C/C=C/C/C=C/CC[C]=O)[N+](=O)[O-]. The Balaban J connectivity index is 4.25. The average Bonchev–Trinajstić information content (AvgIpc) is 2.63. The van der Waals surface area contributed by atoms with Crippen LogP contribution in [-0.4, -0.2) is 11.2 Å². The van der Waals surface area contributed by atoms with Crippen molar-refractivity contribution < 1.29 is 9.72 Å². The number of unbranched alkanes of at least 4 members (excludes halogenated alkanes) is 1. The predicted octanol–water partition coefficient (Wildman–Crippen LogP) is 5.95. The topological polar surface area (TPSA) is 60.2 Å². The Labute approximate surface area is 156 Å². The van der Waals surface area contributed by atoms with Crippen molar-refractivity contribution in [2.45, 2.75) is 45.4 Å². The van der Waals surface area contributed by atoms with Crippen molar-refractivity contribution in [3.05, 3.63) is 94.8 Å². The van der Waals surface area contributed by atoms with E-state index in [1.807, 2.05) is 48.8 Å². The third-order valence-electron chi connectivity index (χ3n) is 3.10. The van der Waals surface area contributed by atoms with Gasteiger partial charge in [-0.3, -0.25) is 14.9 Å². The number of hydrogen-bond acceptors (Lipinski definition) is 3. The van der Waals surface area contributed by atoms with Gasteiger partial charge in [0.15, 0.2) is 6.29 Å². The normalized spacial score (nSPS) is 13.5. The van der Waals surface area contributed by atoms with E-state index in [1.165, 1.54) is 6.08 Å². The van der Waals surface area contributed by atoms with Gasteiger partial charge >= 0.3 is 0 Å². The van der Waals surface area contributed by atoms with Gasteiger partial charge in [0, 0.05) is 12.5 Å². The van der Waals surface area contributed by atoms with Crippen molar-refractivity contribution >= 4 is 6.29 Å². The van der Waals surface area contributed by atoms with Gasteiger partial charge in [-0.15, -0.1) is 0 Å². The van der Waals surface area contributed by atoms with Crippen LogP contribution in [-0.2, 0) is 4.79 Å². The highest BCUT2D eigenvalue weighted by Gasteiger charge is 2.02. The van der Waals surface area contributed by atoms with Gasteiger partial charge in [0.2, 0.25) is 0 Å². The monoisotopic (exact) mass is 354 g/mol. The van der Waals surface area contributed by atoms with Gasteiger partial charge in [-0.25, -0.2) is 0 Å². The predicted molar refractivity (Wildman–Crippen MR) is 109 cm³/mol. The summed E-state index contributed by atoms with van der Waals surface area (Å²) in [5, 5.41) is 11.0. The molecule has 0 aliphatic heterocycles. The zero-order valence-electron chi connectivity index (χ0n) is 15.4. The molecule has 0 aliphatic rings. The second-order valence-electron chi connectivity index (χ2n) is 5.27. The molecular formula is C22H28NO3. The van der Waals surface area contributed by atoms with E-state index in [1.54, 1.807) is 18.2 Å². The standard InChI is InChI=1S/C22H28NO3/c1-2-3-4-5-10-13-16-19-22(23(25)26)20-17-14-11-8-6-7-9-12-15-18-21-24/h3-4,6,8-14,17,19-20H,2,5,7,15-16,18H2,1H3/b4-3+,8-6+,12-9+,13-10+,14-11+,20-17+,22-19-. The van der Waals surface area contributed by atoms with Crippen LogP contribution in [0.2, 0.25) is 0 Å². The Morgan fingerprint density at radius 3 is 2.27 bits per heavy atom. The second kappa shape index (κ2) is 18.6. The van der Waals surface area contributed by atoms with Crippen molar-refractivity contribution in [1.29, 1.82) is 0 Å². The van der Waals surface area contributed by atoms with E-state index in [9.17, 15) is 14.9 Å². The third kappa shape index (κ3) is 16.1. The van der Waals surface area contributed by atoms with E-state index in [-0.39, 0.29) is 10.6 Å². The molecular weight excluding hydrogens is 326 g/mol. The van der Waals surface area contributed by atoms with E-state index < -0.39 is 0 Å². The Hall–Kier alpha value is -2.75. The Kier molecular flexibility index (Phi) is 16.6. The van der Waals surface area contributed by atoms with Crippen LogP contribution >= 0.6 is 0 Å². The highest BCUT2D eigenvalue weighted by molar-refractivity contribution is 5.50. The van der Waals surface area contributed by atoms with Gasteiger partial charge < -0.3 is 0 Å². The van der Waals surface area contributed by atoms with Crippen LogP contribution in [0.25, 0.3) is 0 Å². The Morgan fingerprint density at radius 2 is 1.54 bits per heavy atom. The maximum Gasteiger partial charge on any atom is 0.265 e. The fourth-order valence-electron chi connectivity index (χ4n) is 1.80. The van der Waals surface area contributed by atoms with Crippen LogP contribution in [0.4, 0.5) is 0 Å². The van der Waals surface area contributed by atoms with Crippen molar-refractivity contribution in [3.8, 4) is 0 Å². The zero-order valence-corrected chi connectivity index (χ0v) is 15.4. The Morgan fingerprint density at radius 1 is 0.885 bits per heavy atom. The van der Waals surface area contributed by atoms with Crippen molar-refractivity contribution in [2.24, 2.45) is 0 Å². The molecule has 0 aromatic rings. The minimum absolute atomic E-state index is 0.0855. The van der Waals surface area contributed by atoms with Crippen LogP contribution in [0.1, 0.15) is 45.4 Å². The van der Waals surface area contributed by atoms with Crippen LogP contribution in [0, 0.1) is 10.1 Å². The molecule has 0 unspecified atom stereocenters. The van der Waals surface area contributed by atoms with Gasteiger partial charge in [-0.05, 0) is 38.2 Å². The number of allylic oxidation sites excluding steroid dienone is 13. The van der Waals surface area contributed by atoms with Crippen molar-refractivity contribution in [2.75, 3.05) is 0 Å². The maximum atomic E-state index is 11.0. The molecule has 0 saturated carbocycles. The summed E-state index contributed by atoms with van der Waals surface area (Å²) in [5.41, 5.74) is 0.0855. The molecule has 0 aliphatic carbocycles. The summed E-state index contributed by atoms with van der Waals surface area (Å²) in [6, 6.07) is 0. The fourth-order valence-corrected chi connectivity index (χ4v) is 1.80. The molecule has 0 fully saturated rings. The lowest BCUT2D eigenvalue weighted by molar-refractivity contribution is -0.419. The van der Waals surface area contributed by atoms with Gasteiger partial charge in [0.25, 0.3) is 5.70 Å². The van der Waals surface area contributed by atoms with Crippen LogP contribution in [0.3, 0.4) is 0 Å². The summed E-state index contributed by atoms with van der Waals surface area (Å²) in [6.07, 6.45) is 30.4. The Bertz CT molecular complexity index is 591. The van der Waals surface area contributed by atoms with E-state index in [0.717, 1.165) is 25.7 Å². The number of carbonyl (C=O) groups excluding carboxylic acids is 1. The summed E-state index contributed by atoms with van der Waals surface area (Å²) < 4.78 is 0. The molecule has 0 spiro atoms. The van der Waals surface area contributed by atoms with E-state index in [4.69, 9.17) is 0 Å². The first-order valence-electron chi connectivity index (χ1n) is 8.86. The first-order valence-corrected chi connectivity index (χ1v) is 8.86. The van der Waals surface area contributed by atoms with Crippen LogP contribution in [0.15, 0.2) is 84.7 Å². The van der Waals surface area contributed by atoms with Gasteiger partial charge in [0.05, 0.1) is 4.92 Å². The summed E-state index contributed by atoms with van der Waals surface area (Å²) in [7, 11) is 0. The third-order valence-corrected chi connectivity index (χ3v) is 3.10. The van der Waals surface area contributed by atoms with E-state index >= 15 is 0 Å². The van der Waals surface area contributed by atoms with Crippen LogP contribution in [0.5, 0.6) is 0 Å². The number of nitro groups is 1. The van der Waals surface area contributed by atoms with Gasteiger partial charge in [-0.1, -0.05) is 73.8 Å². The molecule has 0 heterocycles. The molecule has 0 aromatic carbocycles. The first-order chi connectivity index (χ1) is 12.7. The van der Waals surface area contributed by atoms with Crippen molar-refractivity contribution in [3.63, 3.8) is 0 Å². The summed E-state index contributed by atoms with van der Waals surface area (Å²) in [6.45, 7) is 2.08. The molecule has 4 nitrogen and oxygen atoms in total. The quantitative estimate of drug-likeness (QED) is 0.127.